The number of carbonyl (C=O) groups excluding carboxylic acids is 1. The molecule has 3 rings (SSSR count). The molecule has 6 heteroatoms. The summed E-state index contributed by atoms with van der Waals surface area (Å²) in [6, 6.07) is 13.3. The second-order valence-corrected chi connectivity index (χ2v) is 6.37. The highest BCUT2D eigenvalue weighted by Gasteiger charge is 2.23. The van der Waals surface area contributed by atoms with Gasteiger partial charge in [0.05, 0.1) is 19.3 Å². The molecule has 0 radical (unpaired) electrons. The van der Waals surface area contributed by atoms with Gasteiger partial charge in [-0.15, -0.1) is 0 Å². The molecule has 1 saturated heterocycles. The highest BCUT2D eigenvalue weighted by Crippen LogP contribution is 2.23. The normalized spacial score (nSPS) is 16.4. The SMILES string of the molecule is O=C(NCC(c1ccc(Cl)cc1)N1CCOCC1)c1cccc(F)c1. The highest BCUT2D eigenvalue weighted by molar-refractivity contribution is 6.30. The molecule has 25 heavy (non-hydrogen) atoms. The fourth-order valence-corrected chi connectivity index (χ4v) is 3.08. The maximum Gasteiger partial charge on any atom is 0.251 e. The number of amides is 1. The molecule has 0 bridgehead atoms. The number of benzene rings is 2. The van der Waals surface area contributed by atoms with Crippen LogP contribution in [0.2, 0.25) is 5.02 Å². The number of hydrogen-bond donors (Lipinski definition) is 1. The van der Waals surface area contributed by atoms with Crippen molar-refractivity contribution in [3.05, 3.63) is 70.5 Å². The lowest BCUT2D eigenvalue weighted by molar-refractivity contribution is 0.0162. The van der Waals surface area contributed by atoms with E-state index in [0.717, 1.165) is 18.7 Å². The average molecular weight is 363 g/mol. The van der Waals surface area contributed by atoms with Gasteiger partial charge in [0.25, 0.3) is 5.91 Å². The lowest BCUT2D eigenvalue weighted by Gasteiger charge is -2.35. The molecule has 0 saturated carbocycles. The summed E-state index contributed by atoms with van der Waals surface area (Å²) >= 11 is 5.99. The van der Waals surface area contributed by atoms with Crippen molar-refractivity contribution in [1.82, 2.24) is 10.2 Å². The fourth-order valence-electron chi connectivity index (χ4n) is 2.95. The van der Waals surface area contributed by atoms with Gasteiger partial charge in [-0.3, -0.25) is 9.69 Å². The minimum atomic E-state index is -0.421. The first-order valence-electron chi connectivity index (χ1n) is 8.24. The fraction of sp³-hybridized carbons (Fsp3) is 0.316. The Bertz CT molecular complexity index is 718. The minimum absolute atomic E-state index is 0.0127. The van der Waals surface area contributed by atoms with E-state index in [1.807, 2.05) is 24.3 Å². The Labute approximate surface area is 151 Å². The molecule has 1 aliphatic rings. The second kappa shape index (κ2) is 8.43. The summed E-state index contributed by atoms with van der Waals surface area (Å²) in [7, 11) is 0. The van der Waals surface area contributed by atoms with E-state index < -0.39 is 5.82 Å². The van der Waals surface area contributed by atoms with Gasteiger partial charge in [-0.1, -0.05) is 29.8 Å². The van der Waals surface area contributed by atoms with E-state index >= 15 is 0 Å². The quantitative estimate of drug-likeness (QED) is 0.887. The number of hydrogen-bond acceptors (Lipinski definition) is 3. The van der Waals surface area contributed by atoms with Crippen molar-refractivity contribution in [3.63, 3.8) is 0 Å². The monoisotopic (exact) mass is 362 g/mol. The molecule has 1 unspecified atom stereocenters. The van der Waals surface area contributed by atoms with Crippen LogP contribution in [0.5, 0.6) is 0 Å². The number of ether oxygens (including phenoxy) is 1. The average Bonchev–Trinajstić information content (AvgIpc) is 2.64. The summed E-state index contributed by atoms with van der Waals surface area (Å²) < 4.78 is 18.7. The van der Waals surface area contributed by atoms with Crippen LogP contribution in [0.3, 0.4) is 0 Å². The van der Waals surface area contributed by atoms with E-state index in [1.165, 1.54) is 18.2 Å². The Morgan fingerprint density at radius 3 is 2.60 bits per heavy atom. The molecule has 0 aromatic heterocycles. The first-order chi connectivity index (χ1) is 12.1. The third-order valence-electron chi connectivity index (χ3n) is 4.28. The summed E-state index contributed by atoms with van der Waals surface area (Å²) in [6.07, 6.45) is 0. The Hall–Kier alpha value is -1.95. The van der Waals surface area contributed by atoms with Crippen molar-refractivity contribution in [2.45, 2.75) is 6.04 Å². The van der Waals surface area contributed by atoms with E-state index in [0.29, 0.717) is 30.3 Å². The molecule has 2 aromatic rings. The summed E-state index contributed by atoms with van der Waals surface area (Å²) in [5.74, 6) is -0.707. The van der Waals surface area contributed by atoms with Gasteiger partial charge in [-0.2, -0.15) is 0 Å². The third kappa shape index (κ3) is 4.78. The zero-order valence-electron chi connectivity index (χ0n) is 13.8. The Balaban J connectivity index is 1.73. The number of halogens is 2. The number of nitrogens with zero attached hydrogens (tertiary/aromatic N) is 1. The first-order valence-corrected chi connectivity index (χ1v) is 8.62. The molecular formula is C19H20ClFN2O2. The van der Waals surface area contributed by atoms with E-state index in [4.69, 9.17) is 16.3 Å². The van der Waals surface area contributed by atoms with E-state index in [9.17, 15) is 9.18 Å². The predicted octanol–water partition coefficient (Wildman–Crippen LogP) is 3.28. The molecule has 0 aliphatic carbocycles. The molecule has 1 aliphatic heterocycles. The molecule has 0 spiro atoms. The number of morpholine rings is 1. The van der Waals surface area contributed by atoms with E-state index in [1.54, 1.807) is 6.07 Å². The topological polar surface area (TPSA) is 41.6 Å². The number of carbonyl (C=O) groups is 1. The standard InChI is InChI=1S/C19H20ClFN2O2/c20-16-6-4-14(5-7-16)18(23-8-10-25-11-9-23)13-22-19(24)15-2-1-3-17(21)12-15/h1-7,12,18H,8-11,13H2,(H,22,24). The third-order valence-corrected chi connectivity index (χ3v) is 4.54. The zero-order chi connectivity index (χ0) is 17.6. The van der Waals surface area contributed by atoms with Crippen LogP contribution >= 0.6 is 11.6 Å². The number of rotatable bonds is 5. The molecule has 1 N–H and O–H groups in total. The highest BCUT2D eigenvalue weighted by atomic mass is 35.5. The van der Waals surface area contributed by atoms with Crippen LogP contribution in [0.4, 0.5) is 4.39 Å². The van der Waals surface area contributed by atoms with Gasteiger partial charge in [0.1, 0.15) is 5.82 Å². The van der Waals surface area contributed by atoms with Crippen LogP contribution in [-0.2, 0) is 4.74 Å². The van der Waals surface area contributed by atoms with Crippen LogP contribution in [0.1, 0.15) is 22.0 Å². The Kier molecular flexibility index (Phi) is 6.02. The minimum Gasteiger partial charge on any atom is -0.379 e. The van der Waals surface area contributed by atoms with Gasteiger partial charge < -0.3 is 10.1 Å². The van der Waals surface area contributed by atoms with Crippen LogP contribution in [-0.4, -0.2) is 43.7 Å². The van der Waals surface area contributed by atoms with Gasteiger partial charge in [0, 0.05) is 30.2 Å². The summed E-state index contributed by atoms with van der Waals surface area (Å²) in [5.41, 5.74) is 1.39. The molecule has 132 valence electrons. The Morgan fingerprint density at radius 2 is 1.92 bits per heavy atom. The molecule has 1 amide bonds. The van der Waals surface area contributed by atoms with Crippen LogP contribution in [0, 0.1) is 5.82 Å². The van der Waals surface area contributed by atoms with E-state index in [2.05, 4.69) is 10.2 Å². The molecule has 2 aromatic carbocycles. The van der Waals surface area contributed by atoms with Crippen LogP contribution < -0.4 is 5.32 Å². The molecule has 4 nitrogen and oxygen atoms in total. The van der Waals surface area contributed by atoms with Crippen molar-refractivity contribution < 1.29 is 13.9 Å². The zero-order valence-corrected chi connectivity index (χ0v) is 14.5. The van der Waals surface area contributed by atoms with E-state index in [-0.39, 0.29) is 11.9 Å². The van der Waals surface area contributed by atoms with Crippen molar-refractivity contribution in [3.8, 4) is 0 Å². The summed E-state index contributed by atoms with van der Waals surface area (Å²) in [4.78, 5) is 14.6. The molecule has 1 atom stereocenters. The van der Waals surface area contributed by atoms with Gasteiger partial charge in [0.15, 0.2) is 0 Å². The lowest BCUT2D eigenvalue weighted by atomic mass is 10.0. The van der Waals surface area contributed by atoms with Crippen LogP contribution in [0.25, 0.3) is 0 Å². The summed E-state index contributed by atoms with van der Waals surface area (Å²) in [6.45, 7) is 3.35. The maximum absolute atomic E-state index is 13.3. The molecule has 1 fully saturated rings. The van der Waals surface area contributed by atoms with Crippen molar-refractivity contribution >= 4 is 17.5 Å². The summed E-state index contributed by atoms with van der Waals surface area (Å²) in [5, 5.41) is 3.59. The predicted molar refractivity (Wildman–Crippen MR) is 95.3 cm³/mol. The van der Waals surface area contributed by atoms with Crippen molar-refractivity contribution in [2.24, 2.45) is 0 Å². The Morgan fingerprint density at radius 1 is 1.20 bits per heavy atom. The van der Waals surface area contributed by atoms with Gasteiger partial charge in [-0.25, -0.2) is 4.39 Å². The van der Waals surface area contributed by atoms with Gasteiger partial charge in [0.2, 0.25) is 0 Å². The van der Waals surface area contributed by atoms with Crippen molar-refractivity contribution in [1.29, 1.82) is 0 Å². The molecule has 1 heterocycles. The largest absolute Gasteiger partial charge is 0.379 e. The maximum atomic E-state index is 13.3. The molecular weight excluding hydrogens is 343 g/mol. The van der Waals surface area contributed by atoms with Crippen molar-refractivity contribution in [2.75, 3.05) is 32.8 Å². The van der Waals surface area contributed by atoms with Gasteiger partial charge >= 0.3 is 0 Å². The second-order valence-electron chi connectivity index (χ2n) is 5.94. The first kappa shape index (κ1) is 17.9. The smallest absolute Gasteiger partial charge is 0.251 e. The van der Waals surface area contributed by atoms with Crippen LogP contribution in [0.15, 0.2) is 48.5 Å². The number of nitrogens with one attached hydrogen (secondary N) is 1. The van der Waals surface area contributed by atoms with Gasteiger partial charge in [-0.05, 0) is 35.9 Å². The lowest BCUT2D eigenvalue weighted by Crippen LogP contribution is -2.43.